The molecule has 0 saturated heterocycles. The van der Waals surface area contributed by atoms with Gasteiger partial charge in [0.15, 0.2) is 6.29 Å². The number of hydrogen-bond donors (Lipinski definition) is 1. The monoisotopic (exact) mass is 226 g/mol. The lowest BCUT2D eigenvalue weighted by Crippen LogP contribution is -1.88. The molecule has 17 heavy (non-hydrogen) atoms. The molecule has 0 fully saturated rings. The molecular formula is C14H10O3. The van der Waals surface area contributed by atoms with E-state index in [4.69, 9.17) is 5.11 Å². The van der Waals surface area contributed by atoms with Crippen LogP contribution in [0.3, 0.4) is 0 Å². The summed E-state index contributed by atoms with van der Waals surface area (Å²) in [5.74, 6) is -0.992. The second-order valence-corrected chi connectivity index (χ2v) is 3.58. The number of carbonyl (C=O) groups is 2. The van der Waals surface area contributed by atoms with E-state index in [1.807, 2.05) is 24.3 Å². The SMILES string of the molecule is O=Cc1ccc(/C=C/C(=O)O)c2ccccc12. The molecule has 2 aromatic rings. The van der Waals surface area contributed by atoms with Crippen molar-refractivity contribution in [1.82, 2.24) is 0 Å². The van der Waals surface area contributed by atoms with Gasteiger partial charge in [0, 0.05) is 11.6 Å². The summed E-state index contributed by atoms with van der Waals surface area (Å²) < 4.78 is 0. The quantitative estimate of drug-likeness (QED) is 0.646. The molecule has 0 aliphatic heterocycles. The van der Waals surface area contributed by atoms with Crippen LogP contribution >= 0.6 is 0 Å². The summed E-state index contributed by atoms with van der Waals surface area (Å²) in [6.07, 6.45) is 3.41. The Labute approximate surface area is 98.0 Å². The predicted molar refractivity (Wildman–Crippen MR) is 66.0 cm³/mol. The molecule has 0 aliphatic rings. The van der Waals surface area contributed by atoms with Gasteiger partial charge in [-0.3, -0.25) is 4.79 Å². The summed E-state index contributed by atoms with van der Waals surface area (Å²) in [6, 6.07) is 10.8. The van der Waals surface area contributed by atoms with E-state index >= 15 is 0 Å². The third-order valence-electron chi connectivity index (χ3n) is 2.52. The van der Waals surface area contributed by atoms with Crippen molar-refractivity contribution in [2.75, 3.05) is 0 Å². The number of hydrogen-bond acceptors (Lipinski definition) is 2. The van der Waals surface area contributed by atoms with Gasteiger partial charge in [0.2, 0.25) is 0 Å². The zero-order chi connectivity index (χ0) is 12.3. The number of carboxylic acid groups (broad SMARTS) is 1. The normalized spacial score (nSPS) is 10.8. The van der Waals surface area contributed by atoms with Crippen molar-refractivity contribution >= 4 is 29.1 Å². The Morgan fingerprint density at radius 2 is 1.59 bits per heavy atom. The van der Waals surface area contributed by atoms with E-state index in [9.17, 15) is 9.59 Å². The number of aliphatic carboxylic acids is 1. The summed E-state index contributed by atoms with van der Waals surface area (Å²) in [7, 11) is 0. The lowest BCUT2D eigenvalue weighted by atomic mass is 10.00. The van der Waals surface area contributed by atoms with Crippen molar-refractivity contribution in [2.45, 2.75) is 0 Å². The number of aldehydes is 1. The zero-order valence-corrected chi connectivity index (χ0v) is 8.96. The molecule has 0 atom stereocenters. The largest absolute Gasteiger partial charge is 0.478 e. The first-order chi connectivity index (χ1) is 8.22. The van der Waals surface area contributed by atoms with Crippen LogP contribution in [0.15, 0.2) is 42.5 Å². The first-order valence-electron chi connectivity index (χ1n) is 5.10. The smallest absolute Gasteiger partial charge is 0.328 e. The van der Waals surface area contributed by atoms with E-state index in [2.05, 4.69) is 0 Å². The van der Waals surface area contributed by atoms with Gasteiger partial charge in [-0.05, 0) is 22.4 Å². The van der Waals surface area contributed by atoms with Crippen molar-refractivity contribution in [3.05, 3.63) is 53.6 Å². The van der Waals surface area contributed by atoms with Crippen LogP contribution in [0.4, 0.5) is 0 Å². The molecular weight excluding hydrogens is 216 g/mol. The molecule has 0 amide bonds. The van der Waals surface area contributed by atoms with Gasteiger partial charge in [0.05, 0.1) is 0 Å². The highest BCUT2D eigenvalue weighted by Gasteiger charge is 2.03. The topological polar surface area (TPSA) is 54.4 Å². The van der Waals surface area contributed by atoms with Gasteiger partial charge in [-0.15, -0.1) is 0 Å². The van der Waals surface area contributed by atoms with Crippen molar-refractivity contribution in [1.29, 1.82) is 0 Å². The summed E-state index contributed by atoms with van der Waals surface area (Å²) in [5.41, 5.74) is 1.39. The molecule has 3 nitrogen and oxygen atoms in total. The highest BCUT2D eigenvalue weighted by atomic mass is 16.4. The number of fused-ring (bicyclic) bond motifs is 1. The maximum atomic E-state index is 10.9. The fraction of sp³-hybridized carbons (Fsp3) is 0. The van der Waals surface area contributed by atoms with E-state index in [0.717, 1.165) is 28.7 Å². The van der Waals surface area contributed by atoms with Gasteiger partial charge >= 0.3 is 5.97 Å². The molecule has 0 unspecified atom stereocenters. The molecule has 0 heterocycles. The molecule has 0 radical (unpaired) electrons. The van der Waals surface area contributed by atoms with Crippen LogP contribution in [-0.4, -0.2) is 17.4 Å². The van der Waals surface area contributed by atoms with Crippen LogP contribution in [-0.2, 0) is 4.79 Å². The van der Waals surface area contributed by atoms with Crippen molar-refractivity contribution in [2.24, 2.45) is 0 Å². The third-order valence-corrected chi connectivity index (χ3v) is 2.52. The van der Waals surface area contributed by atoms with Gasteiger partial charge in [0.25, 0.3) is 0 Å². The molecule has 0 bridgehead atoms. The van der Waals surface area contributed by atoms with Crippen LogP contribution in [0.1, 0.15) is 15.9 Å². The Morgan fingerprint density at radius 3 is 2.18 bits per heavy atom. The first-order valence-corrected chi connectivity index (χ1v) is 5.10. The van der Waals surface area contributed by atoms with Crippen LogP contribution in [0.25, 0.3) is 16.8 Å². The van der Waals surface area contributed by atoms with E-state index in [1.165, 1.54) is 6.08 Å². The van der Waals surface area contributed by atoms with Crippen LogP contribution in [0, 0.1) is 0 Å². The Kier molecular flexibility index (Phi) is 3.01. The molecule has 2 rings (SSSR count). The summed E-state index contributed by atoms with van der Waals surface area (Å²) in [4.78, 5) is 21.4. The lowest BCUT2D eigenvalue weighted by molar-refractivity contribution is -0.131. The molecule has 2 aromatic carbocycles. The molecule has 84 valence electrons. The minimum atomic E-state index is -0.992. The molecule has 0 aliphatic carbocycles. The second kappa shape index (κ2) is 4.61. The molecule has 1 N–H and O–H groups in total. The zero-order valence-electron chi connectivity index (χ0n) is 8.96. The Bertz CT molecular complexity index is 612. The van der Waals surface area contributed by atoms with Crippen molar-refractivity contribution in [3.63, 3.8) is 0 Å². The Hall–Kier alpha value is -2.42. The van der Waals surface area contributed by atoms with E-state index in [-0.39, 0.29) is 0 Å². The van der Waals surface area contributed by atoms with Gasteiger partial charge in [-0.2, -0.15) is 0 Å². The minimum Gasteiger partial charge on any atom is -0.478 e. The Morgan fingerprint density at radius 1 is 1.00 bits per heavy atom. The fourth-order valence-electron chi connectivity index (χ4n) is 1.75. The first kappa shape index (κ1) is 11.1. The van der Waals surface area contributed by atoms with Gasteiger partial charge in [0.1, 0.15) is 0 Å². The van der Waals surface area contributed by atoms with Crippen LogP contribution in [0.5, 0.6) is 0 Å². The van der Waals surface area contributed by atoms with Gasteiger partial charge in [-0.1, -0.05) is 36.4 Å². The van der Waals surface area contributed by atoms with Crippen molar-refractivity contribution in [3.8, 4) is 0 Å². The van der Waals surface area contributed by atoms with E-state index in [1.54, 1.807) is 12.1 Å². The summed E-state index contributed by atoms with van der Waals surface area (Å²) in [5, 5.41) is 10.3. The van der Waals surface area contributed by atoms with E-state index in [0.29, 0.717) is 5.56 Å². The average Bonchev–Trinajstić information content (AvgIpc) is 2.35. The van der Waals surface area contributed by atoms with Crippen molar-refractivity contribution < 1.29 is 14.7 Å². The van der Waals surface area contributed by atoms with E-state index < -0.39 is 5.97 Å². The van der Waals surface area contributed by atoms with Crippen LogP contribution in [0.2, 0.25) is 0 Å². The fourth-order valence-corrected chi connectivity index (χ4v) is 1.75. The second-order valence-electron chi connectivity index (χ2n) is 3.58. The molecule has 0 saturated carbocycles. The van der Waals surface area contributed by atoms with Gasteiger partial charge < -0.3 is 5.11 Å². The number of carboxylic acids is 1. The standard InChI is InChI=1S/C14H10O3/c15-9-11-6-5-10(7-8-14(16)17)12-3-1-2-4-13(11)12/h1-9H,(H,16,17)/b8-7+. The molecule has 0 spiro atoms. The van der Waals surface area contributed by atoms with Gasteiger partial charge in [-0.25, -0.2) is 4.79 Å². The molecule has 3 heteroatoms. The lowest BCUT2D eigenvalue weighted by Gasteiger charge is -2.04. The highest BCUT2D eigenvalue weighted by Crippen LogP contribution is 2.22. The third kappa shape index (κ3) is 2.23. The predicted octanol–water partition coefficient (Wildman–Crippen LogP) is 2.75. The maximum absolute atomic E-state index is 10.9. The number of carbonyl (C=O) groups excluding carboxylic acids is 1. The highest BCUT2D eigenvalue weighted by molar-refractivity contribution is 6.02. The summed E-state index contributed by atoms with van der Waals surface area (Å²) in [6.45, 7) is 0. The summed E-state index contributed by atoms with van der Waals surface area (Å²) >= 11 is 0. The average molecular weight is 226 g/mol. The number of benzene rings is 2. The minimum absolute atomic E-state index is 0.605. The molecule has 0 aromatic heterocycles. The Balaban J connectivity index is 2.66. The number of rotatable bonds is 3. The maximum Gasteiger partial charge on any atom is 0.328 e. The van der Waals surface area contributed by atoms with Crippen LogP contribution < -0.4 is 0 Å².